The van der Waals surface area contributed by atoms with Crippen LogP contribution < -0.4 is 19.9 Å². The Morgan fingerprint density at radius 3 is 2.45 bits per heavy atom. The lowest BCUT2D eigenvalue weighted by Gasteiger charge is -2.30. The molecule has 0 unspecified atom stereocenters. The maximum Gasteiger partial charge on any atom is 0.232 e. The molecule has 0 saturated heterocycles. The molecule has 2 aromatic carbocycles. The fourth-order valence-corrected chi connectivity index (χ4v) is 3.74. The van der Waals surface area contributed by atoms with Crippen molar-refractivity contribution in [2.24, 2.45) is 0 Å². The highest BCUT2D eigenvalue weighted by atomic mass is 16.5. The first-order chi connectivity index (χ1) is 15.3. The van der Waals surface area contributed by atoms with Gasteiger partial charge in [0.2, 0.25) is 17.8 Å². The van der Waals surface area contributed by atoms with E-state index in [2.05, 4.69) is 58.2 Å². The topological polar surface area (TPSA) is 66.4 Å². The van der Waals surface area contributed by atoms with Crippen molar-refractivity contribution < 1.29 is 4.74 Å². The Morgan fingerprint density at radius 1 is 0.935 bits per heavy atom. The lowest BCUT2D eigenvalue weighted by Crippen LogP contribution is -2.33. The summed E-state index contributed by atoms with van der Waals surface area (Å²) in [6, 6.07) is 18.4. The normalized spacial score (nSPS) is 12.9. The zero-order valence-electron chi connectivity index (χ0n) is 18.3. The lowest BCUT2D eigenvalue weighted by molar-refractivity contribution is 0.332. The van der Waals surface area contributed by atoms with Gasteiger partial charge in [0.25, 0.3) is 0 Å². The first-order valence-electron chi connectivity index (χ1n) is 11.0. The summed E-state index contributed by atoms with van der Waals surface area (Å²) in [6.45, 7) is 8.78. The van der Waals surface area contributed by atoms with Gasteiger partial charge in [-0.1, -0.05) is 42.5 Å². The van der Waals surface area contributed by atoms with Crippen LogP contribution in [0, 0.1) is 0 Å². The van der Waals surface area contributed by atoms with Gasteiger partial charge in [-0.2, -0.15) is 15.0 Å². The van der Waals surface area contributed by atoms with E-state index in [1.54, 1.807) is 0 Å². The summed E-state index contributed by atoms with van der Waals surface area (Å²) in [5.41, 5.74) is 2.75. The van der Waals surface area contributed by atoms with E-state index in [0.29, 0.717) is 25.0 Å². The molecule has 1 aromatic heterocycles. The number of anilines is 3. The second kappa shape index (κ2) is 10.1. The highest BCUT2D eigenvalue weighted by molar-refractivity contribution is 5.47. The zero-order chi connectivity index (χ0) is 21.5. The molecular weight excluding hydrogens is 388 g/mol. The van der Waals surface area contributed by atoms with Gasteiger partial charge in [-0.25, -0.2) is 0 Å². The number of para-hydroxylation sites is 1. The van der Waals surface area contributed by atoms with Crippen molar-refractivity contribution in [3.63, 3.8) is 0 Å². The highest BCUT2D eigenvalue weighted by Crippen LogP contribution is 2.24. The third kappa shape index (κ3) is 5.23. The van der Waals surface area contributed by atoms with E-state index >= 15 is 0 Å². The van der Waals surface area contributed by atoms with Crippen molar-refractivity contribution in [3.05, 3.63) is 65.7 Å². The van der Waals surface area contributed by atoms with E-state index < -0.39 is 0 Å². The minimum atomic E-state index is 0.530. The van der Waals surface area contributed by atoms with Crippen LogP contribution in [0.3, 0.4) is 0 Å². The van der Waals surface area contributed by atoms with Crippen LogP contribution in [-0.2, 0) is 13.0 Å². The van der Waals surface area contributed by atoms with Gasteiger partial charge in [0, 0.05) is 26.2 Å². The molecule has 0 spiro atoms. The van der Waals surface area contributed by atoms with Gasteiger partial charge >= 0.3 is 0 Å². The third-order valence-corrected chi connectivity index (χ3v) is 5.47. The van der Waals surface area contributed by atoms with Crippen LogP contribution in [0.1, 0.15) is 25.0 Å². The Kier molecular flexibility index (Phi) is 6.82. The van der Waals surface area contributed by atoms with Gasteiger partial charge < -0.3 is 19.9 Å². The second-order valence-corrected chi connectivity index (χ2v) is 7.46. The van der Waals surface area contributed by atoms with Crippen molar-refractivity contribution in [2.75, 3.05) is 47.9 Å². The Bertz CT molecular complexity index is 977. The van der Waals surface area contributed by atoms with Crippen LogP contribution in [0.2, 0.25) is 0 Å². The number of ether oxygens (including phenoxy) is 1. The smallest absolute Gasteiger partial charge is 0.232 e. The van der Waals surface area contributed by atoms with E-state index in [4.69, 9.17) is 14.7 Å². The van der Waals surface area contributed by atoms with E-state index in [1.807, 2.05) is 30.3 Å². The second-order valence-electron chi connectivity index (χ2n) is 7.46. The van der Waals surface area contributed by atoms with Crippen molar-refractivity contribution >= 4 is 17.8 Å². The minimum Gasteiger partial charge on any atom is -0.492 e. The SMILES string of the molecule is CCN(CC)c1nc(NCCOc2ccccc2)nc(N2CCc3ccccc3C2)n1. The maximum atomic E-state index is 5.78. The van der Waals surface area contributed by atoms with Gasteiger partial charge in [0.05, 0.1) is 6.54 Å². The molecule has 7 heteroatoms. The average molecular weight is 419 g/mol. The Labute approximate surface area is 184 Å². The summed E-state index contributed by atoms with van der Waals surface area (Å²) in [5, 5.41) is 3.32. The molecule has 1 N–H and O–H groups in total. The molecule has 3 aromatic rings. The Morgan fingerprint density at radius 2 is 1.68 bits per heavy atom. The molecule has 0 bridgehead atoms. The number of nitrogens with one attached hydrogen (secondary N) is 1. The standard InChI is InChI=1S/C24H30N6O/c1-3-29(4-2)23-26-22(25-15-17-31-21-12-6-5-7-13-21)27-24(28-23)30-16-14-19-10-8-9-11-20(19)18-30/h5-13H,3-4,14-18H2,1-2H3,(H,25,26,27,28). The lowest BCUT2D eigenvalue weighted by atomic mass is 10.0. The number of rotatable bonds is 9. The number of hydrogen-bond donors (Lipinski definition) is 1. The highest BCUT2D eigenvalue weighted by Gasteiger charge is 2.21. The van der Waals surface area contributed by atoms with Gasteiger partial charge in [-0.3, -0.25) is 0 Å². The largest absolute Gasteiger partial charge is 0.492 e. The third-order valence-electron chi connectivity index (χ3n) is 5.47. The number of benzene rings is 2. The van der Waals surface area contributed by atoms with Crippen molar-refractivity contribution in [1.29, 1.82) is 0 Å². The summed E-state index contributed by atoms with van der Waals surface area (Å²) in [4.78, 5) is 18.6. The minimum absolute atomic E-state index is 0.530. The Balaban J connectivity index is 1.49. The molecule has 0 fully saturated rings. The van der Waals surface area contributed by atoms with Gasteiger partial charge in [0.15, 0.2) is 0 Å². The molecule has 162 valence electrons. The molecule has 0 saturated carbocycles. The quantitative estimate of drug-likeness (QED) is 0.531. The summed E-state index contributed by atoms with van der Waals surface area (Å²) in [7, 11) is 0. The molecule has 31 heavy (non-hydrogen) atoms. The van der Waals surface area contributed by atoms with E-state index in [1.165, 1.54) is 11.1 Å². The predicted molar refractivity (Wildman–Crippen MR) is 125 cm³/mol. The molecule has 4 rings (SSSR count). The monoisotopic (exact) mass is 418 g/mol. The Hall–Kier alpha value is -3.35. The molecule has 1 aliphatic heterocycles. The molecule has 1 aliphatic rings. The molecular formula is C24H30N6O. The van der Waals surface area contributed by atoms with Crippen LogP contribution in [0.5, 0.6) is 5.75 Å². The summed E-state index contributed by atoms with van der Waals surface area (Å²) < 4.78 is 5.78. The maximum absolute atomic E-state index is 5.78. The van der Waals surface area contributed by atoms with Gasteiger partial charge in [0.1, 0.15) is 12.4 Å². The van der Waals surface area contributed by atoms with E-state index in [-0.39, 0.29) is 0 Å². The molecule has 2 heterocycles. The van der Waals surface area contributed by atoms with Crippen molar-refractivity contribution in [1.82, 2.24) is 15.0 Å². The molecule has 0 atom stereocenters. The molecule has 7 nitrogen and oxygen atoms in total. The van der Waals surface area contributed by atoms with E-state index in [0.717, 1.165) is 44.3 Å². The van der Waals surface area contributed by atoms with Gasteiger partial charge in [-0.05, 0) is 43.5 Å². The van der Waals surface area contributed by atoms with Gasteiger partial charge in [-0.15, -0.1) is 0 Å². The van der Waals surface area contributed by atoms with Crippen LogP contribution >= 0.6 is 0 Å². The van der Waals surface area contributed by atoms with Crippen LogP contribution in [0.4, 0.5) is 17.8 Å². The van der Waals surface area contributed by atoms with Crippen LogP contribution in [-0.4, -0.2) is 47.7 Å². The van der Waals surface area contributed by atoms with Crippen molar-refractivity contribution in [3.8, 4) is 5.75 Å². The van der Waals surface area contributed by atoms with Crippen LogP contribution in [0.15, 0.2) is 54.6 Å². The average Bonchev–Trinajstić information content (AvgIpc) is 2.83. The van der Waals surface area contributed by atoms with Crippen LogP contribution in [0.25, 0.3) is 0 Å². The molecule has 0 amide bonds. The molecule has 0 radical (unpaired) electrons. The number of fused-ring (bicyclic) bond motifs is 1. The fraction of sp³-hybridized carbons (Fsp3) is 0.375. The number of nitrogens with zero attached hydrogens (tertiary/aromatic N) is 5. The first-order valence-corrected chi connectivity index (χ1v) is 11.0. The summed E-state index contributed by atoms with van der Waals surface area (Å²) in [5.74, 6) is 2.87. The fourth-order valence-electron chi connectivity index (χ4n) is 3.74. The number of aromatic nitrogens is 3. The first kappa shape index (κ1) is 20.9. The summed E-state index contributed by atoms with van der Waals surface area (Å²) >= 11 is 0. The molecule has 0 aliphatic carbocycles. The van der Waals surface area contributed by atoms with E-state index in [9.17, 15) is 0 Å². The summed E-state index contributed by atoms with van der Waals surface area (Å²) in [6.07, 6.45) is 0.996. The number of hydrogen-bond acceptors (Lipinski definition) is 7. The zero-order valence-corrected chi connectivity index (χ0v) is 18.3. The van der Waals surface area contributed by atoms with Crippen molar-refractivity contribution in [2.45, 2.75) is 26.8 Å². The predicted octanol–water partition coefficient (Wildman–Crippen LogP) is 3.77.